The summed E-state index contributed by atoms with van der Waals surface area (Å²) in [5, 5.41) is 10.6. The number of likely N-dealkylation sites (tertiary alicyclic amines) is 1. The Morgan fingerprint density at radius 2 is 1.78 bits per heavy atom. The van der Waals surface area contributed by atoms with Gasteiger partial charge in [-0.05, 0) is 31.5 Å². The van der Waals surface area contributed by atoms with Crippen molar-refractivity contribution in [1.82, 2.24) is 4.90 Å². The molecule has 1 aromatic rings. The lowest BCUT2D eigenvalue weighted by Crippen LogP contribution is -2.35. The summed E-state index contributed by atoms with van der Waals surface area (Å²) in [7, 11) is 0. The highest BCUT2D eigenvalue weighted by molar-refractivity contribution is 5.36. The van der Waals surface area contributed by atoms with Crippen molar-refractivity contribution in [3.63, 3.8) is 0 Å². The van der Waals surface area contributed by atoms with Crippen molar-refractivity contribution >= 4 is 5.69 Å². The summed E-state index contributed by atoms with van der Waals surface area (Å²) >= 11 is 0. The summed E-state index contributed by atoms with van der Waals surface area (Å²) in [6.07, 6.45) is 2.58. The van der Waals surface area contributed by atoms with E-state index in [-0.39, 0.29) is 16.0 Å². The average molecular weight is 248 g/mol. The number of benzene rings is 1. The van der Waals surface area contributed by atoms with E-state index in [0.717, 1.165) is 6.54 Å². The molecule has 1 fully saturated rings. The molecule has 18 heavy (non-hydrogen) atoms. The quantitative estimate of drug-likeness (QED) is 0.608. The van der Waals surface area contributed by atoms with Crippen LogP contribution < -0.4 is 0 Å². The molecule has 0 unspecified atom stereocenters. The van der Waals surface area contributed by atoms with E-state index in [1.807, 2.05) is 12.1 Å². The molecule has 0 atom stereocenters. The summed E-state index contributed by atoms with van der Waals surface area (Å²) in [5.41, 5.74) is 1.37. The van der Waals surface area contributed by atoms with Crippen molar-refractivity contribution in [2.24, 2.45) is 0 Å². The Balaban J connectivity index is 2.10. The van der Waals surface area contributed by atoms with Gasteiger partial charge in [0.25, 0.3) is 5.69 Å². The highest BCUT2D eigenvalue weighted by Crippen LogP contribution is 2.27. The molecule has 4 heteroatoms. The fourth-order valence-corrected chi connectivity index (χ4v) is 2.63. The highest BCUT2D eigenvalue weighted by Gasteiger charge is 2.25. The first kappa shape index (κ1) is 13.0. The predicted octanol–water partition coefficient (Wildman–Crippen LogP) is 2.97. The van der Waals surface area contributed by atoms with Gasteiger partial charge in [-0.2, -0.15) is 0 Å². The van der Waals surface area contributed by atoms with Crippen LogP contribution in [0, 0.1) is 10.1 Å². The van der Waals surface area contributed by atoms with Gasteiger partial charge in [-0.1, -0.05) is 26.0 Å². The fraction of sp³-hybridized carbons (Fsp3) is 0.571. The maximum atomic E-state index is 10.6. The van der Waals surface area contributed by atoms with Crippen LogP contribution in [-0.2, 0) is 5.41 Å². The molecule has 4 nitrogen and oxygen atoms in total. The van der Waals surface area contributed by atoms with E-state index in [1.54, 1.807) is 12.1 Å². The van der Waals surface area contributed by atoms with E-state index in [1.165, 1.54) is 31.5 Å². The van der Waals surface area contributed by atoms with Crippen LogP contribution in [0.3, 0.4) is 0 Å². The van der Waals surface area contributed by atoms with Gasteiger partial charge >= 0.3 is 0 Å². The molecule has 2 rings (SSSR count). The van der Waals surface area contributed by atoms with Crippen LogP contribution in [0.1, 0.15) is 32.3 Å². The smallest absolute Gasteiger partial charge is 0.269 e. The normalized spacial score (nSPS) is 17.0. The molecule has 0 saturated carbocycles. The minimum Gasteiger partial charge on any atom is -0.302 e. The number of non-ortho nitro benzene ring substituents is 1. The van der Waals surface area contributed by atoms with Crippen molar-refractivity contribution in [2.75, 3.05) is 19.6 Å². The fourth-order valence-electron chi connectivity index (χ4n) is 2.63. The summed E-state index contributed by atoms with van der Waals surface area (Å²) in [6.45, 7) is 7.77. The van der Waals surface area contributed by atoms with E-state index in [9.17, 15) is 10.1 Å². The Morgan fingerprint density at radius 3 is 2.28 bits per heavy atom. The van der Waals surface area contributed by atoms with Crippen molar-refractivity contribution in [3.05, 3.63) is 39.9 Å². The topological polar surface area (TPSA) is 46.4 Å². The van der Waals surface area contributed by atoms with Gasteiger partial charge in [-0.15, -0.1) is 0 Å². The molecule has 0 aromatic heterocycles. The van der Waals surface area contributed by atoms with Crippen LogP contribution in [0.4, 0.5) is 5.69 Å². The first-order chi connectivity index (χ1) is 8.49. The lowest BCUT2D eigenvalue weighted by atomic mass is 9.84. The third-order valence-electron chi connectivity index (χ3n) is 3.68. The van der Waals surface area contributed by atoms with E-state index < -0.39 is 0 Å². The molecule has 1 aromatic carbocycles. The maximum Gasteiger partial charge on any atom is 0.269 e. The second kappa shape index (κ2) is 5.06. The minimum absolute atomic E-state index is 0.0411. The van der Waals surface area contributed by atoms with Crippen LogP contribution in [0.5, 0.6) is 0 Å². The van der Waals surface area contributed by atoms with E-state index in [2.05, 4.69) is 18.7 Å². The summed E-state index contributed by atoms with van der Waals surface area (Å²) < 4.78 is 0. The summed E-state index contributed by atoms with van der Waals surface area (Å²) in [4.78, 5) is 12.8. The Kier molecular flexibility index (Phi) is 3.66. The molecule has 0 aliphatic carbocycles. The molecule has 1 saturated heterocycles. The number of nitro benzene ring substituents is 1. The van der Waals surface area contributed by atoms with Crippen LogP contribution in [0.25, 0.3) is 0 Å². The number of hydrogen-bond donors (Lipinski definition) is 0. The molecule has 0 bridgehead atoms. The number of hydrogen-bond acceptors (Lipinski definition) is 3. The summed E-state index contributed by atoms with van der Waals surface area (Å²) in [5.74, 6) is 0. The number of nitro groups is 1. The SMILES string of the molecule is CC(C)(CN1CCCC1)c1ccc([N+](=O)[O-])cc1. The average Bonchev–Trinajstić information content (AvgIpc) is 2.81. The van der Waals surface area contributed by atoms with Gasteiger partial charge < -0.3 is 4.90 Å². The van der Waals surface area contributed by atoms with Gasteiger partial charge in [-0.25, -0.2) is 0 Å². The first-order valence-corrected chi connectivity index (χ1v) is 6.46. The van der Waals surface area contributed by atoms with Crippen LogP contribution in [0.15, 0.2) is 24.3 Å². The van der Waals surface area contributed by atoms with Gasteiger partial charge in [0.1, 0.15) is 0 Å². The second-order valence-corrected chi connectivity index (χ2v) is 5.67. The Labute approximate surface area is 108 Å². The Hall–Kier alpha value is -1.42. The van der Waals surface area contributed by atoms with Gasteiger partial charge in [0.2, 0.25) is 0 Å². The van der Waals surface area contributed by atoms with E-state index >= 15 is 0 Å². The molecule has 0 radical (unpaired) electrons. The van der Waals surface area contributed by atoms with Gasteiger partial charge in [0.05, 0.1) is 4.92 Å². The molecule has 0 spiro atoms. The third-order valence-corrected chi connectivity index (χ3v) is 3.68. The monoisotopic (exact) mass is 248 g/mol. The van der Waals surface area contributed by atoms with Crippen LogP contribution in [-0.4, -0.2) is 29.5 Å². The molecule has 1 aliphatic rings. The third kappa shape index (κ3) is 2.88. The molecule has 1 heterocycles. The zero-order valence-electron chi connectivity index (χ0n) is 11.1. The van der Waals surface area contributed by atoms with Gasteiger partial charge in [-0.3, -0.25) is 10.1 Å². The maximum absolute atomic E-state index is 10.6. The largest absolute Gasteiger partial charge is 0.302 e. The lowest BCUT2D eigenvalue weighted by molar-refractivity contribution is -0.384. The molecular formula is C14H20N2O2. The van der Waals surface area contributed by atoms with Crippen LogP contribution in [0.2, 0.25) is 0 Å². The highest BCUT2D eigenvalue weighted by atomic mass is 16.6. The molecule has 98 valence electrons. The molecule has 0 N–H and O–H groups in total. The van der Waals surface area contributed by atoms with Gasteiger partial charge in [0.15, 0.2) is 0 Å². The standard InChI is InChI=1S/C14H20N2O2/c1-14(2,11-15-9-3-4-10-15)12-5-7-13(8-6-12)16(17)18/h5-8H,3-4,9-11H2,1-2H3. The first-order valence-electron chi connectivity index (χ1n) is 6.46. The second-order valence-electron chi connectivity index (χ2n) is 5.67. The zero-order chi connectivity index (χ0) is 13.2. The molecule has 1 aliphatic heterocycles. The van der Waals surface area contributed by atoms with Crippen molar-refractivity contribution in [3.8, 4) is 0 Å². The predicted molar refractivity (Wildman–Crippen MR) is 71.8 cm³/mol. The van der Waals surface area contributed by atoms with Gasteiger partial charge in [0, 0.05) is 24.1 Å². The number of rotatable bonds is 4. The Morgan fingerprint density at radius 1 is 1.22 bits per heavy atom. The van der Waals surface area contributed by atoms with Crippen LogP contribution >= 0.6 is 0 Å². The zero-order valence-corrected chi connectivity index (χ0v) is 11.1. The van der Waals surface area contributed by atoms with Crippen molar-refractivity contribution < 1.29 is 4.92 Å². The van der Waals surface area contributed by atoms with Crippen molar-refractivity contribution in [1.29, 1.82) is 0 Å². The molecule has 0 amide bonds. The van der Waals surface area contributed by atoms with E-state index in [4.69, 9.17) is 0 Å². The lowest BCUT2D eigenvalue weighted by Gasteiger charge is -2.30. The number of nitrogens with zero attached hydrogens (tertiary/aromatic N) is 2. The summed E-state index contributed by atoms with van der Waals surface area (Å²) in [6, 6.07) is 6.96. The minimum atomic E-state index is -0.350. The van der Waals surface area contributed by atoms with Crippen molar-refractivity contribution in [2.45, 2.75) is 32.1 Å². The molecular weight excluding hydrogens is 228 g/mol. The Bertz CT molecular complexity index is 420. The van der Waals surface area contributed by atoms with E-state index in [0.29, 0.717) is 0 Å².